The van der Waals surface area contributed by atoms with Gasteiger partial charge in [0.1, 0.15) is 0 Å². The molecule has 0 atom stereocenters. The molecule has 0 unspecified atom stereocenters. The largest absolute Gasteiger partial charge is 0.311 e. The summed E-state index contributed by atoms with van der Waals surface area (Å²) < 4.78 is 0. The first-order chi connectivity index (χ1) is 15.0. The second kappa shape index (κ2) is 9.66. The van der Waals surface area contributed by atoms with Crippen LogP contribution in [0.1, 0.15) is 23.1 Å². The fourth-order valence-corrected chi connectivity index (χ4v) is 5.05. The van der Waals surface area contributed by atoms with E-state index < -0.39 is 0 Å². The van der Waals surface area contributed by atoms with E-state index in [4.69, 9.17) is 0 Å². The Labute approximate surface area is 190 Å². The number of hydrogen-bond acceptors (Lipinski definition) is 5. The van der Waals surface area contributed by atoms with E-state index >= 15 is 0 Å². The van der Waals surface area contributed by atoms with Crippen molar-refractivity contribution < 1.29 is 9.59 Å². The molecule has 2 aromatic carbocycles. The maximum Gasteiger partial charge on any atom is 0.236 e. The zero-order chi connectivity index (χ0) is 21.8. The van der Waals surface area contributed by atoms with Crippen LogP contribution in [0.3, 0.4) is 0 Å². The van der Waals surface area contributed by atoms with Gasteiger partial charge in [-0.15, -0.1) is 23.1 Å². The molecule has 0 bridgehead atoms. The van der Waals surface area contributed by atoms with Gasteiger partial charge in [0.25, 0.3) is 0 Å². The molecule has 0 saturated carbocycles. The van der Waals surface area contributed by atoms with Crippen molar-refractivity contribution in [3.8, 4) is 11.3 Å². The summed E-state index contributed by atoms with van der Waals surface area (Å²) in [7, 11) is 0. The van der Waals surface area contributed by atoms with Crippen LogP contribution in [0.5, 0.6) is 0 Å². The predicted molar refractivity (Wildman–Crippen MR) is 130 cm³/mol. The maximum atomic E-state index is 12.7. The van der Waals surface area contributed by atoms with Gasteiger partial charge in [0.15, 0.2) is 5.13 Å². The van der Waals surface area contributed by atoms with Crippen LogP contribution in [0, 0.1) is 13.8 Å². The zero-order valence-corrected chi connectivity index (χ0v) is 19.3. The van der Waals surface area contributed by atoms with Gasteiger partial charge < -0.3 is 10.2 Å². The highest BCUT2D eigenvalue weighted by atomic mass is 32.2. The van der Waals surface area contributed by atoms with Gasteiger partial charge in [-0.2, -0.15) is 0 Å². The zero-order valence-electron chi connectivity index (χ0n) is 17.7. The predicted octanol–water partition coefficient (Wildman–Crippen LogP) is 5.08. The summed E-state index contributed by atoms with van der Waals surface area (Å²) in [6.45, 7) is 4.90. The average Bonchev–Trinajstić information content (AvgIpc) is 3.23. The second-order valence-electron chi connectivity index (χ2n) is 7.66. The SMILES string of the molecule is Cc1ccc(-c2csc(NC(=O)CSCC(=O)N3CCCc4ccccc43)n2)cc1C. The number of rotatable bonds is 6. The number of carbonyl (C=O) groups excluding carboxylic acids is 2. The van der Waals surface area contributed by atoms with Crippen LogP contribution in [0.25, 0.3) is 11.3 Å². The molecule has 31 heavy (non-hydrogen) atoms. The van der Waals surface area contributed by atoms with Crippen LogP contribution in [-0.4, -0.2) is 34.8 Å². The first-order valence-electron chi connectivity index (χ1n) is 10.3. The van der Waals surface area contributed by atoms with Crippen LogP contribution in [0.4, 0.5) is 10.8 Å². The van der Waals surface area contributed by atoms with Gasteiger partial charge in [0, 0.05) is 23.2 Å². The first-order valence-corrected chi connectivity index (χ1v) is 12.3. The van der Waals surface area contributed by atoms with Crippen molar-refractivity contribution in [2.45, 2.75) is 26.7 Å². The lowest BCUT2D eigenvalue weighted by Crippen LogP contribution is -2.36. The number of nitrogens with one attached hydrogen (secondary N) is 1. The van der Waals surface area contributed by atoms with Crippen molar-refractivity contribution in [3.63, 3.8) is 0 Å². The third-order valence-electron chi connectivity index (χ3n) is 5.42. The topological polar surface area (TPSA) is 62.3 Å². The summed E-state index contributed by atoms with van der Waals surface area (Å²) in [5.74, 6) is 0.418. The normalized spacial score (nSPS) is 13.0. The Kier molecular flexibility index (Phi) is 6.73. The molecule has 1 N–H and O–H groups in total. The van der Waals surface area contributed by atoms with Crippen LogP contribution < -0.4 is 10.2 Å². The molecule has 2 amide bonds. The summed E-state index contributed by atoms with van der Waals surface area (Å²) in [5, 5.41) is 5.38. The van der Waals surface area contributed by atoms with Crippen molar-refractivity contribution in [1.29, 1.82) is 0 Å². The average molecular weight is 452 g/mol. The van der Waals surface area contributed by atoms with Crippen LogP contribution >= 0.6 is 23.1 Å². The highest BCUT2D eigenvalue weighted by molar-refractivity contribution is 8.00. The molecule has 7 heteroatoms. The Balaban J connectivity index is 1.28. The van der Waals surface area contributed by atoms with E-state index in [9.17, 15) is 9.59 Å². The molecule has 0 saturated heterocycles. The number of benzene rings is 2. The van der Waals surface area contributed by atoms with Gasteiger partial charge in [-0.05, 0) is 55.5 Å². The highest BCUT2D eigenvalue weighted by Crippen LogP contribution is 2.28. The molecule has 160 valence electrons. The maximum absolute atomic E-state index is 12.7. The third kappa shape index (κ3) is 5.17. The first kappa shape index (κ1) is 21.6. The summed E-state index contributed by atoms with van der Waals surface area (Å²) in [6, 6.07) is 14.3. The smallest absolute Gasteiger partial charge is 0.236 e. The molecule has 2 heterocycles. The monoisotopic (exact) mass is 451 g/mol. The Bertz CT molecular complexity index is 1110. The van der Waals surface area contributed by atoms with Gasteiger partial charge in [0.2, 0.25) is 11.8 Å². The minimum atomic E-state index is -0.141. The van der Waals surface area contributed by atoms with Crippen LogP contribution in [0.15, 0.2) is 47.8 Å². The van der Waals surface area contributed by atoms with Gasteiger partial charge in [0.05, 0.1) is 17.2 Å². The molecule has 1 aliphatic rings. The summed E-state index contributed by atoms with van der Waals surface area (Å²) in [4.78, 5) is 31.4. The number of amides is 2. The Morgan fingerprint density at radius 2 is 1.97 bits per heavy atom. The fourth-order valence-electron chi connectivity index (χ4n) is 3.62. The molecule has 0 radical (unpaired) electrons. The van der Waals surface area contributed by atoms with Crippen LogP contribution in [0.2, 0.25) is 0 Å². The van der Waals surface area contributed by atoms with E-state index in [-0.39, 0.29) is 23.3 Å². The molecule has 4 rings (SSSR count). The van der Waals surface area contributed by atoms with Crippen molar-refractivity contribution in [2.75, 3.05) is 28.3 Å². The Morgan fingerprint density at radius 3 is 2.81 bits per heavy atom. The van der Waals surface area contributed by atoms with E-state index in [0.29, 0.717) is 5.13 Å². The van der Waals surface area contributed by atoms with E-state index in [1.807, 2.05) is 34.5 Å². The number of para-hydroxylation sites is 1. The second-order valence-corrected chi connectivity index (χ2v) is 9.50. The van der Waals surface area contributed by atoms with Crippen molar-refractivity contribution >= 4 is 45.7 Å². The number of hydrogen-bond donors (Lipinski definition) is 1. The quantitative estimate of drug-likeness (QED) is 0.568. The van der Waals surface area contributed by atoms with E-state index in [2.05, 4.69) is 42.3 Å². The Morgan fingerprint density at radius 1 is 1.13 bits per heavy atom. The third-order valence-corrected chi connectivity index (χ3v) is 7.10. The number of thiazole rings is 1. The van der Waals surface area contributed by atoms with Crippen molar-refractivity contribution in [2.24, 2.45) is 0 Å². The van der Waals surface area contributed by atoms with Crippen molar-refractivity contribution in [1.82, 2.24) is 4.98 Å². The molecule has 0 fully saturated rings. The lowest BCUT2D eigenvalue weighted by molar-refractivity contribution is -0.116. The molecule has 0 spiro atoms. The summed E-state index contributed by atoms with van der Waals surface area (Å²) in [5.41, 5.74) is 6.58. The van der Waals surface area contributed by atoms with Gasteiger partial charge in [-0.25, -0.2) is 4.98 Å². The number of aryl methyl sites for hydroxylation is 3. The molecular formula is C24H25N3O2S2. The van der Waals surface area contributed by atoms with Crippen molar-refractivity contribution in [3.05, 3.63) is 64.5 Å². The van der Waals surface area contributed by atoms with Gasteiger partial charge >= 0.3 is 0 Å². The minimum absolute atomic E-state index is 0.0521. The molecule has 1 aliphatic heterocycles. The number of aromatic nitrogens is 1. The fraction of sp³-hybridized carbons (Fsp3) is 0.292. The van der Waals surface area contributed by atoms with Gasteiger partial charge in [-0.3, -0.25) is 9.59 Å². The Hall–Kier alpha value is -2.64. The van der Waals surface area contributed by atoms with E-state index in [0.717, 1.165) is 36.3 Å². The van der Waals surface area contributed by atoms with E-state index in [1.54, 1.807) is 0 Å². The highest BCUT2D eigenvalue weighted by Gasteiger charge is 2.22. The standard InChI is InChI=1S/C24H25N3O2S2/c1-16-9-10-19(12-17(16)2)20-13-31-24(25-20)26-22(28)14-30-15-23(29)27-11-5-7-18-6-3-4-8-21(18)27/h3-4,6,8-10,12-13H,5,7,11,14-15H2,1-2H3,(H,25,26,28). The molecular weight excluding hydrogens is 426 g/mol. The number of carbonyl (C=O) groups is 2. The molecule has 1 aromatic heterocycles. The molecule has 5 nitrogen and oxygen atoms in total. The number of anilines is 2. The lowest BCUT2D eigenvalue weighted by Gasteiger charge is -2.29. The number of nitrogens with zero attached hydrogens (tertiary/aromatic N) is 2. The van der Waals surface area contributed by atoms with E-state index in [1.165, 1.54) is 39.8 Å². The molecule has 0 aliphatic carbocycles. The minimum Gasteiger partial charge on any atom is -0.311 e. The number of thioether (sulfide) groups is 1. The lowest BCUT2D eigenvalue weighted by atomic mass is 10.0. The summed E-state index contributed by atoms with van der Waals surface area (Å²) >= 11 is 2.75. The summed E-state index contributed by atoms with van der Waals surface area (Å²) in [6.07, 6.45) is 1.98. The van der Waals surface area contributed by atoms with Crippen LogP contribution in [-0.2, 0) is 16.0 Å². The van der Waals surface area contributed by atoms with Gasteiger partial charge in [-0.1, -0.05) is 30.3 Å². The molecule has 3 aromatic rings. The number of fused-ring (bicyclic) bond motifs is 1.